The highest BCUT2D eigenvalue weighted by atomic mass is 35.5. The van der Waals surface area contributed by atoms with Gasteiger partial charge in [0, 0.05) is 44.4 Å². The van der Waals surface area contributed by atoms with Gasteiger partial charge in [0.05, 0.1) is 0 Å². The van der Waals surface area contributed by atoms with E-state index in [2.05, 4.69) is 15.2 Å². The summed E-state index contributed by atoms with van der Waals surface area (Å²) in [5.41, 5.74) is 1.92. The van der Waals surface area contributed by atoms with Gasteiger partial charge in [-0.3, -0.25) is 0 Å². The molecule has 2 amide bonds. The van der Waals surface area contributed by atoms with Gasteiger partial charge in [0.15, 0.2) is 0 Å². The summed E-state index contributed by atoms with van der Waals surface area (Å²) in [6.45, 7) is 3.09. The Kier molecular flexibility index (Phi) is 5.76. The second-order valence-corrected chi connectivity index (χ2v) is 6.73. The van der Waals surface area contributed by atoms with Crippen LogP contribution < -0.4 is 10.2 Å². The van der Waals surface area contributed by atoms with E-state index in [-0.39, 0.29) is 6.03 Å². The normalized spacial score (nSPS) is 13.8. The Balaban J connectivity index is 1.50. The van der Waals surface area contributed by atoms with E-state index in [4.69, 9.17) is 11.6 Å². The number of hydrogen-bond acceptors (Lipinski definition) is 3. The van der Waals surface area contributed by atoms with Gasteiger partial charge in [0.25, 0.3) is 0 Å². The minimum atomic E-state index is -0.136. The fourth-order valence-corrected chi connectivity index (χ4v) is 3.12. The summed E-state index contributed by atoms with van der Waals surface area (Å²) in [7, 11) is 1.76. The lowest BCUT2D eigenvalue weighted by molar-refractivity contribution is 0.206. The highest BCUT2D eigenvalue weighted by molar-refractivity contribution is 6.31. The molecule has 1 aromatic heterocycles. The molecular weight excluding hydrogens is 336 g/mol. The number of halogens is 1. The van der Waals surface area contributed by atoms with Crippen LogP contribution in [0.3, 0.4) is 0 Å². The SMILES string of the molecule is CN(Cc1ccccc1Cl)C(=O)NCc1ccc(N2CCCC2)nc1. The van der Waals surface area contributed by atoms with Crippen LogP contribution in [-0.2, 0) is 13.1 Å². The molecule has 1 aromatic carbocycles. The van der Waals surface area contributed by atoms with E-state index in [0.29, 0.717) is 18.1 Å². The number of benzene rings is 1. The number of hydrogen-bond donors (Lipinski definition) is 1. The lowest BCUT2D eigenvalue weighted by Crippen LogP contribution is -2.36. The molecule has 1 aliphatic heterocycles. The first-order valence-corrected chi connectivity index (χ1v) is 8.93. The minimum Gasteiger partial charge on any atom is -0.357 e. The standard InChI is InChI=1S/C19H23ClN4O/c1-23(14-16-6-2-3-7-17(16)20)19(25)22-13-15-8-9-18(21-12-15)24-10-4-5-11-24/h2-3,6-9,12H,4-5,10-11,13-14H2,1H3,(H,22,25). The molecule has 5 nitrogen and oxygen atoms in total. The van der Waals surface area contributed by atoms with Crippen molar-refractivity contribution in [2.45, 2.75) is 25.9 Å². The first kappa shape index (κ1) is 17.5. The van der Waals surface area contributed by atoms with E-state index in [1.807, 2.05) is 42.6 Å². The summed E-state index contributed by atoms with van der Waals surface area (Å²) in [4.78, 5) is 20.7. The number of anilines is 1. The van der Waals surface area contributed by atoms with E-state index in [0.717, 1.165) is 30.0 Å². The van der Waals surface area contributed by atoms with Crippen molar-refractivity contribution >= 4 is 23.4 Å². The van der Waals surface area contributed by atoms with Gasteiger partial charge in [-0.05, 0) is 36.1 Å². The molecule has 6 heteroatoms. The Morgan fingerprint density at radius 1 is 1.24 bits per heavy atom. The number of amides is 2. The molecular formula is C19H23ClN4O. The van der Waals surface area contributed by atoms with Crippen LogP contribution in [0.4, 0.5) is 10.6 Å². The van der Waals surface area contributed by atoms with Crippen LogP contribution >= 0.6 is 11.6 Å². The first-order valence-electron chi connectivity index (χ1n) is 8.56. The van der Waals surface area contributed by atoms with Crippen molar-refractivity contribution in [1.82, 2.24) is 15.2 Å². The van der Waals surface area contributed by atoms with Crippen molar-refractivity contribution < 1.29 is 4.79 Å². The van der Waals surface area contributed by atoms with Crippen LogP contribution in [0.5, 0.6) is 0 Å². The number of carbonyl (C=O) groups excluding carboxylic acids is 1. The third kappa shape index (κ3) is 4.63. The van der Waals surface area contributed by atoms with Crippen LogP contribution in [0.2, 0.25) is 5.02 Å². The van der Waals surface area contributed by atoms with Crippen LogP contribution in [0.25, 0.3) is 0 Å². The predicted octanol–water partition coefficient (Wildman–Crippen LogP) is 3.68. The zero-order valence-corrected chi connectivity index (χ0v) is 15.2. The molecule has 0 unspecified atom stereocenters. The summed E-state index contributed by atoms with van der Waals surface area (Å²) in [6.07, 6.45) is 4.30. The van der Waals surface area contributed by atoms with Gasteiger partial charge in [-0.2, -0.15) is 0 Å². The molecule has 0 atom stereocenters. The summed E-state index contributed by atoms with van der Waals surface area (Å²) in [5.74, 6) is 1.02. The monoisotopic (exact) mass is 358 g/mol. The van der Waals surface area contributed by atoms with E-state index in [9.17, 15) is 4.79 Å². The van der Waals surface area contributed by atoms with Gasteiger partial charge in [0.1, 0.15) is 5.82 Å². The van der Waals surface area contributed by atoms with Crippen LogP contribution in [0.15, 0.2) is 42.6 Å². The molecule has 1 N–H and O–H groups in total. The highest BCUT2D eigenvalue weighted by Crippen LogP contribution is 2.18. The third-order valence-corrected chi connectivity index (χ3v) is 4.76. The number of urea groups is 1. The topological polar surface area (TPSA) is 48.5 Å². The second kappa shape index (κ2) is 8.21. The Hall–Kier alpha value is -2.27. The maximum Gasteiger partial charge on any atom is 0.317 e. The van der Waals surface area contributed by atoms with Crippen LogP contribution in [-0.4, -0.2) is 36.1 Å². The maximum absolute atomic E-state index is 12.3. The maximum atomic E-state index is 12.3. The van der Waals surface area contributed by atoms with E-state index >= 15 is 0 Å². The van der Waals surface area contributed by atoms with Crippen LogP contribution in [0, 0.1) is 0 Å². The Labute approximate surface area is 153 Å². The Morgan fingerprint density at radius 3 is 2.68 bits per heavy atom. The molecule has 25 heavy (non-hydrogen) atoms. The van der Waals surface area contributed by atoms with Gasteiger partial charge >= 0.3 is 6.03 Å². The number of carbonyl (C=O) groups is 1. The van der Waals surface area contributed by atoms with Crippen LogP contribution in [0.1, 0.15) is 24.0 Å². The molecule has 1 aliphatic rings. The van der Waals surface area contributed by atoms with Gasteiger partial charge < -0.3 is 15.1 Å². The summed E-state index contributed by atoms with van der Waals surface area (Å²) in [6, 6.07) is 11.5. The lowest BCUT2D eigenvalue weighted by atomic mass is 10.2. The zero-order valence-electron chi connectivity index (χ0n) is 14.4. The van der Waals surface area contributed by atoms with Crippen molar-refractivity contribution in [3.05, 3.63) is 58.7 Å². The van der Waals surface area contributed by atoms with Gasteiger partial charge in [-0.25, -0.2) is 9.78 Å². The lowest BCUT2D eigenvalue weighted by Gasteiger charge is -2.19. The van der Waals surface area contributed by atoms with Gasteiger partial charge in [-0.15, -0.1) is 0 Å². The highest BCUT2D eigenvalue weighted by Gasteiger charge is 2.14. The van der Waals surface area contributed by atoms with Crippen molar-refractivity contribution in [3.63, 3.8) is 0 Å². The fourth-order valence-electron chi connectivity index (χ4n) is 2.92. The molecule has 0 saturated carbocycles. The van der Waals surface area contributed by atoms with E-state index in [1.165, 1.54) is 12.8 Å². The van der Waals surface area contributed by atoms with Gasteiger partial charge in [0.2, 0.25) is 0 Å². The smallest absolute Gasteiger partial charge is 0.317 e. The molecule has 2 aromatic rings. The molecule has 1 fully saturated rings. The predicted molar refractivity (Wildman–Crippen MR) is 101 cm³/mol. The fraction of sp³-hybridized carbons (Fsp3) is 0.368. The summed E-state index contributed by atoms with van der Waals surface area (Å²) < 4.78 is 0. The van der Waals surface area contributed by atoms with Gasteiger partial charge in [-0.1, -0.05) is 35.9 Å². The minimum absolute atomic E-state index is 0.136. The van der Waals surface area contributed by atoms with E-state index < -0.39 is 0 Å². The largest absolute Gasteiger partial charge is 0.357 e. The number of aromatic nitrogens is 1. The van der Waals surface area contributed by atoms with Crippen molar-refractivity contribution in [2.75, 3.05) is 25.0 Å². The van der Waals surface area contributed by atoms with Crippen molar-refractivity contribution in [3.8, 4) is 0 Å². The van der Waals surface area contributed by atoms with Crippen molar-refractivity contribution in [1.29, 1.82) is 0 Å². The molecule has 0 radical (unpaired) electrons. The zero-order chi connectivity index (χ0) is 17.6. The average molecular weight is 359 g/mol. The number of nitrogens with one attached hydrogen (secondary N) is 1. The van der Waals surface area contributed by atoms with Crippen molar-refractivity contribution in [2.24, 2.45) is 0 Å². The molecule has 0 bridgehead atoms. The molecule has 132 valence electrons. The number of rotatable bonds is 5. The number of nitrogens with zero attached hydrogens (tertiary/aromatic N) is 3. The third-order valence-electron chi connectivity index (χ3n) is 4.39. The summed E-state index contributed by atoms with van der Waals surface area (Å²) >= 11 is 6.14. The Morgan fingerprint density at radius 2 is 2.00 bits per heavy atom. The van der Waals surface area contributed by atoms with E-state index in [1.54, 1.807) is 11.9 Å². The second-order valence-electron chi connectivity index (χ2n) is 6.32. The first-order chi connectivity index (χ1) is 12.1. The molecule has 1 saturated heterocycles. The molecule has 0 spiro atoms. The average Bonchev–Trinajstić information content (AvgIpc) is 3.16. The molecule has 0 aliphatic carbocycles. The Bertz CT molecular complexity index is 714. The summed E-state index contributed by atoms with van der Waals surface area (Å²) in [5, 5.41) is 3.59. The molecule has 3 rings (SSSR count). The molecule has 2 heterocycles. The quantitative estimate of drug-likeness (QED) is 0.887. The number of pyridine rings is 1.